The van der Waals surface area contributed by atoms with Crippen LogP contribution in [0.2, 0.25) is 5.02 Å². The zero-order valence-corrected chi connectivity index (χ0v) is 15.3. The minimum Gasteiger partial charge on any atom is -0.495 e. The summed E-state index contributed by atoms with van der Waals surface area (Å²) >= 11 is 6.01. The second kappa shape index (κ2) is 6.84. The van der Waals surface area contributed by atoms with Crippen molar-refractivity contribution in [2.75, 3.05) is 30.1 Å². The Kier molecular flexibility index (Phi) is 4.92. The molecule has 2 amide bonds. The molecule has 0 aromatic heterocycles. The van der Waals surface area contributed by atoms with Crippen LogP contribution >= 0.6 is 11.6 Å². The molecule has 1 aromatic carbocycles. The maximum atomic E-state index is 12.4. The van der Waals surface area contributed by atoms with Crippen molar-refractivity contribution >= 4 is 38.9 Å². The lowest BCUT2D eigenvalue weighted by molar-refractivity contribution is -0.126. The number of sulfone groups is 1. The molecule has 0 radical (unpaired) electrons. The molecule has 0 aliphatic carbocycles. The molecule has 7 nitrogen and oxygen atoms in total. The van der Waals surface area contributed by atoms with Crippen LogP contribution < -0.4 is 15.0 Å². The Hall–Kier alpha value is -1.80. The number of amides is 2. The molecule has 136 valence electrons. The van der Waals surface area contributed by atoms with Gasteiger partial charge in [-0.25, -0.2) is 8.42 Å². The Morgan fingerprint density at radius 2 is 2.16 bits per heavy atom. The van der Waals surface area contributed by atoms with Crippen molar-refractivity contribution in [2.24, 2.45) is 5.92 Å². The van der Waals surface area contributed by atoms with Crippen molar-refractivity contribution in [2.45, 2.75) is 18.9 Å². The third-order valence-electron chi connectivity index (χ3n) is 4.51. The SMILES string of the molecule is COc1ccc(Cl)cc1N1CC(C(=O)NC2CCS(=O)(=O)C2)CC1=O. The van der Waals surface area contributed by atoms with Crippen LogP contribution in [0.25, 0.3) is 0 Å². The Balaban J connectivity index is 1.70. The normalized spacial score (nSPS) is 25.2. The first-order valence-corrected chi connectivity index (χ1v) is 10.1. The van der Waals surface area contributed by atoms with Crippen molar-refractivity contribution in [3.8, 4) is 5.75 Å². The fourth-order valence-electron chi connectivity index (χ4n) is 3.22. The van der Waals surface area contributed by atoms with Gasteiger partial charge in [-0.2, -0.15) is 0 Å². The maximum Gasteiger partial charge on any atom is 0.227 e. The number of anilines is 1. The Labute approximate surface area is 151 Å². The maximum absolute atomic E-state index is 12.4. The lowest BCUT2D eigenvalue weighted by Crippen LogP contribution is -2.40. The van der Waals surface area contributed by atoms with Crippen molar-refractivity contribution in [3.63, 3.8) is 0 Å². The van der Waals surface area contributed by atoms with Gasteiger partial charge in [0.1, 0.15) is 5.75 Å². The number of hydrogen-bond donors (Lipinski definition) is 1. The van der Waals surface area contributed by atoms with Crippen LogP contribution in [0.15, 0.2) is 18.2 Å². The van der Waals surface area contributed by atoms with E-state index in [9.17, 15) is 18.0 Å². The van der Waals surface area contributed by atoms with E-state index < -0.39 is 15.8 Å². The third kappa shape index (κ3) is 3.90. The Morgan fingerprint density at radius 1 is 1.40 bits per heavy atom. The number of ether oxygens (including phenoxy) is 1. The van der Waals surface area contributed by atoms with E-state index in [1.807, 2.05) is 0 Å². The molecule has 2 heterocycles. The monoisotopic (exact) mass is 386 g/mol. The molecule has 3 rings (SSSR count). The van der Waals surface area contributed by atoms with Crippen LogP contribution in [-0.4, -0.2) is 51.4 Å². The molecule has 2 unspecified atom stereocenters. The number of rotatable bonds is 4. The molecule has 1 N–H and O–H groups in total. The average Bonchev–Trinajstić information content (AvgIpc) is 3.09. The molecule has 2 atom stereocenters. The summed E-state index contributed by atoms with van der Waals surface area (Å²) in [5, 5.41) is 3.22. The number of methoxy groups -OCH3 is 1. The largest absolute Gasteiger partial charge is 0.495 e. The third-order valence-corrected chi connectivity index (χ3v) is 6.51. The molecule has 25 heavy (non-hydrogen) atoms. The van der Waals surface area contributed by atoms with Gasteiger partial charge in [-0.15, -0.1) is 0 Å². The van der Waals surface area contributed by atoms with Crippen molar-refractivity contribution < 1.29 is 22.7 Å². The van der Waals surface area contributed by atoms with E-state index in [0.29, 0.717) is 22.9 Å². The van der Waals surface area contributed by atoms with Gasteiger partial charge in [0.05, 0.1) is 30.2 Å². The van der Waals surface area contributed by atoms with Crippen LogP contribution in [0.3, 0.4) is 0 Å². The number of halogens is 1. The standard InChI is InChI=1S/C16H19ClN2O5S/c1-24-14-3-2-11(17)7-13(14)19-8-10(6-15(19)20)16(21)18-12-4-5-25(22,23)9-12/h2-3,7,10,12H,4-6,8-9H2,1H3,(H,18,21). The second-order valence-electron chi connectivity index (χ2n) is 6.33. The van der Waals surface area contributed by atoms with Crippen molar-refractivity contribution in [1.82, 2.24) is 5.32 Å². The highest BCUT2D eigenvalue weighted by Gasteiger charge is 2.38. The van der Waals surface area contributed by atoms with E-state index in [1.54, 1.807) is 18.2 Å². The zero-order chi connectivity index (χ0) is 18.2. The van der Waals surface area contributed by atoms with Crippen molar-refractivity contribution in [1.29, 1.82) is 0 Å². The topological polar surface area (TPSA) is 92.8 Å². The lowest BCUT2D eigenvalue weighted by atomic mass is 10.1. The minimum atomic E-state index is -3.07. The number of hydrogen-bond acceptors (Lipinski definition) is 5. The zero-order valence-electron chi connectivity index (χ0n) is 13.7. The summed E-state index contributed by atoms with van der Waals surface area (Å²) in [5.74, 6) is -0.461. The van der Waals surface area contributed by atoms with Crippen LogP contribution in [0.1, 0.15) is 12.8 Å². The number of benzene rings is 1. The van der Waals surface area contributed by atoms with E-state index >= 15 is 0 Å². The summed E-state index contributed by atoms with van der Waals surface area (Å²) in [6, 6.07) is 4.58. The van der Waals surface area contributed by atoms with Crippen molar-refractivity contribution in [3.05, 3.63) is 23.2 Å². The molecule has 0 saturated carbocycles. The van der Waals surface area contributed by atoms with Gasteiger partial charge in [-0.05, 0) is 24.6 Å². The van der Waals surface area contributed by atoms with Gasteiger partial charge in [0.25, 0.3) is 0 Å². The minimum absolute atomic E-state index is 0.0365. The van der Waals surface area contributed by atoms with Crippen LogP contribution in [0.4, 0.5) is 5.69 Å². The predicted molar refractivity (Wildman–Crippen MR) is 93.7 cm³/mol. The van der Waals surface area contributed by atoms with Crippen LogP contribution in [0, 0.1) is 5.92 Å². The highest BCUT2D eigenvalue weighted by Crippen LogP contribution is 2.35. The smallest absolute Gasteiger partial charge is 0.227 e. The molecule has 2 aliphatic rings. The van der Waals surface area contributed by atoms with Gasteiger partial charge in [-0.3, -0.25) is 9.59 Å². The van der Waals surface area contributed by atoms with Crippen LogP contribution in [0.5, 0.6) is 5.75 Å². The summed E-state index contributed by atoms with van der Waals surface area (Å²) in [5.41, 5.74) is 0.527. The van der Waals surface area contributed by atoms with Gasteiger partial charge in [-0.1, -0.05) is 11.6 Å². The van der Waals surface area contributed by atoms with Gasteiger partial charge >= 0.3 is 0 Å². The van der Waals surface area contributed by atoms with E-state index in [1.165, 1.54) is 12.0 Å². The van der Waals surface area contributed by atoms with Gasteiger partial charge in [0.2, 0.25) is 11.8 Å². The van der Waals surface area contributed by atoms with Gasteiger partial charge in [0.15, 0.2) is 9.84 Å². The molecular formula is C16H19ClN2O5S. The molecular weight excluding hydrogens is 368 g/mol. The number of carbonyl (C=O) groups excluding carboxylic acids is 2. The predicted octanol–water partition coefficient (Wildman–Crippen LogP) is 1.00. The first-order valence-electron chi connectivity index (χ1n) is 7.94. The molecule has 2 fully saturated rings. The first kappa shape index (κ1) is 18.0. The molecule has 0 spiro atoms. The van der Waals surface area contributed by atoms with Gasteiger partial charge in [0, 0.05) is 24.0 Å². The van der Waals surface area contributed by atoms with E-state index in [2.05, 4.69) is 5.32 Å². The average molecular weight is 387 g/mol. The molecule has 1 aromatic rings. The first-order chi connectivity index (χ1) is 11.8. The Morgan fingerprint density at radius 3 is 2.80 bits per heavy atom. The highest BCUT2D eigenvalue weighted by molar-refractivity contribution is 7.91. The quantitative estimate of drug-likeness (QED) is 0.833. The van der Waals surface area contributed by atoms with Crippen LogP contribution in [-0.2, 0) is 19.4 Å². The fourth-order valence-corrected chi connectivity index (χ4v) is 5.06. The number of nitrogens with one attached hydrogen (secondary N) is 1. The second-order valence-corrected chi connectivity index (χ2v) is 9.00. The van der Waals surface area contributed by atoms with E-state index in [4.69, 9.17) is 16.3 Å². The summed E-state index contributed by atoms with van der Waals surface area (Å²) in [7, 11) is -1.57. The summed E-state index contributed by atoms with van der Waals surface area (Å²) < 4.78 is 28.3. The highest BCUT2D eigenvalue weighted by atomic mass is 35.5. The summed E-state index contributed by atoms with van der Waals surface area (Å²) in [4.78, 5) is 26.3. The van der Waals surface area contributed by atoms with E-state index in [-0.39, 0.29) is 42.3 Å². The summed E-state index contributed by atoms with van der Waals surface area (Å²) in [6.07, 6.45) is 0.488. The Bertz CT molecular complexity index is 811. The molecule has 2 saturated heterocycles. The number of carbonyl (C=O) groups is 2. The fraction of sp³-hybridized carbons (Fsp3) is 0.500. The van der Waals surface area contributed by atoms with E-state index in [0.717, 1.165) is 0 Å². The molecule has 0 bridgehead atoms. The summed E-state index contributed by atoms with van der Waals surface area (Å²) in [6.45, 7) is 0.209. The molecule has 2 aliphatic heterocycles. The lowest BCUT2D eigenvalue weighted by Gasteiger charge is -2.20. The van der Waals surface area contributed by atoms with Gasteiger partial charge < -0.3 is 15.0 Å². The molecule has 9 heteroatoms. The number of nitrogens with zero attached hydrogens (tertiary/aromatic N) is 1.